The number of aliphatic hydroxyl groups is 1. The largest absolute Gasteiger partial charge is 0.394 e. The van der Waals surface area contributed by atoms with Crippen molar-refractivity contribution in [3.63, 3.8) is 0 Å². The zero-order valence-electron chi connectivity index (χ0n) is 16.0. The molecule has 1 atom stereocenters. The van der Waals surface area contributed by atoms with Gasteiger partial charge in [-0.1, -0.05) is 5.16 Å². The second-order valence-electron chi connectivity index (χ2n) is 7.48. The summed E-state index contributed by atoms with van der Waals surface area (Å²) in [6.07, 6.45) is 5.15. The number of aromatic nitrogens is 3. The van der Waals surface area contributed by atoms with E-state index >= 15 is 0 Å². The van der Waals surface area contributed by atoms with E-state index in [0.717, 1.165) is 57.0 Å². The van der Waals surface area contributed by atoms with Crippen molar-refractivity contribution < 1.29 is 14.4 Å². The zero-order chi connectivity index (χ0) is 19.5. The van der Waals surface area contributed by atoms with Crippen LogP contribution < -0.4 is 15.1 Å². The Labute approximate surface area is 163 Å². The Morgan fingerprint density at radius 3 is 2.71 bits per heavy atom. The number of amides is 1. The lowest BCUT2D eigenvalue weighted by atomic mass is 9.96. The molecule has 28 heavy (non-hydrogen) atoms. The second-order valence-corrected chi connectivity index (χ2v) is 7.48. The molecule has 0 radical (unpaired) electrons. The molecule has 2 aromatic heterocycles. The smallest absolute Gasteiger partial charge is 0.228 e. The van der Waals surface area contributed by atoms with Gasteiger partial charge in [-0.2, -0.15) is 0 Å². The molecule has 2 aliphatic heterocycles. The molecule has 2 fully saturated rings. The molecule has 0 bridgehead atoms. The molecule has 4 rings (SSSR count). The molecular formula is C19H26N6O3. The number of piperidine rings is 1. The maximum Gasteiger partial charge on any atom is 0.228 e. The fraction of sp³-hybridized carbons (Fsp3) is 0.579. The molecule has 2 N–H and O–H groups in total. The standard InChI is InChI=1S/C19H26N6O3/c1-13-9-16(23-28-13)22-19(27)14-4-7-24(8-5-14)17-10-18(21-12-20-17)25-6-2-3-15(25)11-26/h9-10,12,14-15,26H,2-8,11H2,1H3,(H,22,23,27). The number of carbonyl (C=O) groups excluding carboxylic acids is 1. The Kier molecular flexibility index (Phi) is 5.43. The van der Waals surface area contributed by atoms with Gasteiger partial charge < -0.3 is 24.7 Å². The maximum atomic E-state index is 12.4. The summed E-state index contributed by atoms with van der Waals surface area (Å²) in [5.41, 5.74) is 0. The minimum atomic E-state index is -0.0492. The first-order valence-electron chi connectivity index (χ1n) is 9.82. The minimum absolute atomic E-state index is 0.0146. The highest BCUT2D eigenvalue weighted by Crippen LogP contribution is 2.28. The number of nitrogens with one attached hydrogen (secondary N) is 1. The summed E-state index contributed by atoms with van der Waals surface area (Å²) in [5.74, 6) is 2.81. The van der Waals surface area contributed by atoms with Crippen molar-refractivity contribution in [2.45, 2.75) is 38.6 Å². The first-order valence-corrected chi connectivity index (χ1v) is 9.82. The Balaban J connectivity index is 1.36. The lowest BCUT2D eigenvalue weighted by Gasteiger charge is -2.32. The number of hydrogen-bond acceptors (Lipinski definition) is 8. The van der Waals surface area contributed by atoms with Crippen LogP contribution in [-0.2, 0) is 4.79 Å². The SMILES string of the molecule is Cc1cc(NC(=O)C2CCN(c3cc(N4CCCC4CO)ncn3)CC2)no1. The monoisotopic (exact) mass is 386 g/mol. The highest BCUT2D eigenvalue weighted by atomic mass is 16.5. The van der Waals surface area contributed by atoms with Gasteiger partial charge in [0.15, 0.2) is 5.82 Å². The number of hydrogen-bond donors (Lipinski definition) is 2. The van der Waals surface area contributed by atoms with Gasteiger partial charge in [0.1, 0.15) is 23.7 Å². The first-order chi connectivity index (χ1) is 13.6. The Morgan fingerprint density at radius 2 is 2.00 bits per heavy atom. The number of rotatable bonds is 5. The fourth-order valence-corrected chi connectivity index (χ4v) is 4.02. The van der Waals surface area contributed by atoms with E-state index in [9.17, 15) is 9.90 Å². The summed E-state index contributed by atoms with van der Waals surface area (Å²) in [7, 11) is 0. The van der Waals surface area contributed by atoms with Crippen molar-refractivity contribution in [1.29, 1.82) is 0 Å². The number of anilines is 3. The van der Waals surface area contributed by atoms with E-state index in [4.69, 9.17) is 4.52 Å². The van der Waals surface area contributed by atoms with Crippen LogP contribution in [0.1, 0.15) is 31.4 Å². The van der Waals surface area contributed by atoms with Crippen LogP contribution in [0.2, 0.25) is 0 Å². The lowest BCUT2D eigenvalue weighted by Crippen LogP contribution is -2.39. The average Bonchev–Trinajstić information content (AvgIpc) is 3.37. The number of aryl methyl sites for hydroxylation is 1. The molecular weight excluding hydrogens is 360 g/mol. The van der Waals surface area contributed by atoms with E-state index in [2.05, 4.69) is 30.2 Å². The first kappa shape index (κ1) is 18.7. The molecule has 0 aliphatic carbocycles. The van der Waals surface area contributed by atoms with Gasteiger partial charge in [-0.15, -0.1) is 0 Å². The molecule has 2 saturated heterocycles. The average molecular weight is 386 g/mol. The molecule has 2 aromatic rings. The highest BCUT2D eigenvalue weighted by Gasteiger charge is 2.28. The van der Waals surface area contributed by atoms with Crippen molar-refractivity contribution in [2.75, 3.05) is 41.4 Å². The van der Waals surface area contributed by atoms with Crippen molar-refractivity contribution in [3.05, 3.63) is 24.2 Å². The quantitative estimate of drug-likeness (QED) is 0.798. The molecule has 0 aromatic carbocycles. The van der Waals surface area contributed by atoms with E-state index in [1.165, 1.54) is 0 Å². The van der Waals surface area contributed by atoms with Gasteiger partial charge in [-0.25, -0.2) is 9.97 Å². The predicted molar refractivity (Wildman–Crippen MR) is 104 cm³/mol. The summed E-state index contributed by atoms with van der Waals surface area (Å²) in [6.45, 7) is 4.37. The van der Waals surface area contributed by atoms with Gasteiger partial charge in [0, 0.05) is 37.7 Å². The predicted octanol–water partition coefficient (Wildman–Crippen LogP) is 1.59. The molecule has 1 amide bonds. The third-order valence-electron chi connectivity index (χ3n) is 5.59. The van der Waals surface area contributed by atoms with Crippen LogP contribution in [-0.4, -0.2) is 58.4 Å². The molecule has 0 spiro atoms. The number of nitrogens with zero attached hydrogens (tertiary/aromatic N) is 5. The van der Waals surface area contributed by atoms with E-state index in [1.54, 1.807) is 19.3 Å². The summed E-state index contributed by atoms with van der Waals surface area (Å²) >= 11 is 0. The fourth-order valence-electron chi connectivity index (χ4n) is 4.02. The third kappa shape index (κ3) is 3.94. The minimum Gasteiger partial charge on any atom is -0.394 e. The maximum absolute atomic E-state index is 12.4. The molecule has 1 unspecified atom stereocenters. The Morgan fingerprint density at radius 1 is 1.21 bits per heavy atom. The van der Waals surface area contributed by atoms with Crippen molar-refractivity contribution in [2.24, 2.45) is 5.92 Å². The van der Waals surface area contributed by atoms with Crippen LogP contribution in [0, 0.1) is 12.8 Å². The van der Waals surface area contributed by atoms with Crippen LogP contribution in [0.3, 0.4) is 0 Å². The number of carbonyl (C=O) groups is 1. The summed E-state index contributed by atoms with van der Waals surface area (Å²) in [4.78, 5) is 25.6. The summed E-state index contributed by atoms with van der Waals surface area (Å²) in [5, 5.41) is 16.2. The van der Waals surface area contributed by atoms with Gasteiger partial charge in [-0.05, 0) is 32.6 Å². The van der Waals surface area contributed by atoms with E-state index in [-0.39, 0.29) is 24.5 Å². The Bertz CT molecular complexity index is 818. The van der Waals surface area contributed by atoms with Crippen LogP contribution in [0.5, 0.6) is 0 Å². The third-order valence-corrected chi connectivity index (χ3v) is 5.59. The molecule has 4 heterocycles. The van der Waals surface area contributed by atoms with Crippen LogP contribution in [0.25, 0.3) is 0 Å². The van der Waals surface area contributed by atoms with Crippen LogP contribution >= 0.6 is 0 Å². The van der Waals surface area contributed by atoms with Gasteiger partial charge in [0.2, 0.25) is 5.91 Å². The second kappa shape index (κ2) is 8.14. The molecule has 2 aliphatic rings. The van der Waals surface area contributed by atoms with Gasteiger partial charge in [0.05, 0.1) is 12.6 Å². The van der Waals surface area contributed by atoms with Crippen molar-refractivity contribution in [1.82, 2.24) is 15.1 Å². The lowest BCUT2D eigenvalue weighted by molar-refractivity contribution is -0.120. The number of aliphatic hydroxyl groups excluding tert-OH is 1. The summed E-state index contributed by atoms with van der Waals surface area (Å²) in [6, 6.07) is 3.84. The van der Waals surface area contributed by atoms with Crippen molar-refractivity contribution >= 4 is 23.4 Å². The van der Waals surface area contributed by atoms with Crippen molar-refractivity contribution in [3.8, 4) is 0 Å². The van der Waals surface area contributed by atoms with E-state index < -0.39 is 0 Å². The molecule has 9 heteroatoms. The van der Waals surface area contributed by atoms with Crippen LogP contribution in [0.15, 0.2) is 23.0 Å². The topological polar surface area (TPSA) is 108 Å². The van der Waals surface area contributed by atoms with Gasteiger partial charge >= 0.3 is 0 Å². The van der Waals surface area contributed by atoms with E-state index in [0.29, 0.717) is 11.6 Å². The molecule has 150 valence electrons. The van der Waals surface area contributed by atoms with E-state index in [1.807, 2.05) is 6.07 Å². The molecule has 0 saturated carbocycles. The normalized spacial score (nSPS) is 20.6. The zero-order valence-corrected chi connectivity index (χ0v) is 16.0. The molecule has 9 nitrogen and oxygen atoms in total. The highest BCUT2D eigenvalue weighted by molar-refractivity contribution is 5.91. The summed E-state index contributed by atoms with van der Waals surface area (Å²) < 4.78 is 4.99. The Hall–Kier alpha value is -2.68. The van der Waals surface area contributed by atoms with Gasteiger partial charge in [0.25, 0.3) is 0 Å². The van der Waals surface area contributed by atoms with Gasteiger partial charge in [-0.3, -0.25) is 4.79 Å². The van der Waals surface area contributed by atoms with Crippen LogP contribution in [0.4, 0.5) is 17.5 Å².